The Morgan fingerprint density at radius 3 is 2.17 bits per heavy atom. The Bertz CT molecular complexity index is 566. The van der Waals surface area contributed by atoms with Crippen LogP contribution in [0, 0.1) is 22.4 Å². The average molecular weight is 388 g/mol. The second kappa shape index (κ2) is 12.3. The third kappa shape index (κ3) is 9.43. The van der Waals surface area contributed by atoms with Crippen molar-refractivity contribution in [2.75, 3.05) is 0 Å². The van der Waals surface area contributed by atoms with Crippen molar-refractivity contribution in [3.63, 3.8) is 0 Å². The van der Waals surface area contributed by atoms with E-state index in [-0.39, 0.29) is 68.5 Å². The van der Waals surface area contributed by atoms with Gasteiger partial charge in [0, 0.05) is 18.1 Å². The first-order valence-electron chi connectivity index (χ1n) is 7.14. The van der Waals surface area contributed by atoms with E-state index in [0.717, 1.165) is 5.56 Å². The molecule has 0 aromatic heterocycles. The van der Waals surface area contributed by atoms with Crippen LogP contribution in [0.3, 0.4) is 0 Å². The zero-order valence-electron chi connectivity index (χ0n) is 14.3. The van der Waals surface area contributed by atoms with Crippen molar-refractivity contribution in [2.24, 2.45) is 0 Å². The molecule has 0 aliphatic heterocycles. The van der Waals surface area contributed by atoms with Gasteiger partial charge in [-0.2, -0.15) is 13.2 Å². The summed E-state index contributed by atoms with van der Waals surface area (Å²) in [5, 5.41) is 18.1. The van der Waals surface area contributed by atoms with E-state index in [1.165, 1.54) is 6.07 Å². The Kier molecular flexibility index (Phi) is 13.4. The molecule has 0 amide bonds. The van der Waals surface area contributed by atoms with Gasteiger partial charge >= 0.3 is 57.6 Å². The van der Waals surface area contributed by atoms with E-state index >= 15 is 0 Å². The number of halogens is 3. The minimum atomic E-state index is -3.95. The van der Waals surface area contributed by atoms with Gasteiger partial charge in [0.25, 0.3) is 5.69 Å². The van der Waals surface area contributed by atoms with E-state index in [2.05, 4.69) is 0 Å². The fraction of sp³-hybridized carbons (Fsp3) is 0.533. The second-order valence-electron chi connectivity index (χ2n) is 4.90. The molecule has 0 heterocycles. The number of unbranched alkanes of at least 4 members (excludes halogenated alkanes) is 1. The molecule has 0 fully saturated rings. The largest absolute Gasteiger partial charge is 1.00 e. The maximum atomic E-state index is 11.2. The second-order valence-corrected chi connectivity index (χ2v) is 5.31. The van der Waals surface area contributed by atoms with Gasteiger partial charge in [-0.1, -0.05) is 31.4 Å². The third-order valence-electron chi connectivity index (χ3n) is 3.14. The number of rotatable bonds is 5. The van der Waals surface area contributed by atoms with Crippen molar-refractivity contribution < 1.29 is 69.5 Å². The summed E-state index contributed by atoms with van der Waals surface area (Å²) in [7, 11) is 0. The molecular weight excluding hydrogens is 368 g/mol. The first-order valence-corrected chi connectivity index (χ1v) is 7.55. The topological polar surface area (TPSA) is 67.0 Å². The summed E-state index contributed by atoms with van der Waals surface area (Å²) >= 11 is 4.79. The summed E-state index contributed by atoms with van der Waals surface area (Å²) in [6.45, 7) is 5.31. The molecule has 24 heavy (non-hydrogen) atoms. The first kappa shape index (κ1) is 26.2. The van der Waals surface area contributed by atoms with Gasteiger partial charge in [0.1, 0.15) is 0 Å². The monoisotopic (exact) mass is 388 g/mol. The molecule has 4 nitrogen and oxygen atoms in total. The Balaban J connectivity index is 0. The smallest absolute Gasteiger partial charge is 0.760 e. The van der Waals surface area contributed by atoms with Crippen LogP contribution in [0.25, 0.3) is 0 Å². The van der Waals surface area contributed by atoms with Gasteiger partial charge in [0.2, 0.25) is 0 Å². The normalized spacial score (nSPS) is 10.2. The predicted molar refractivity (Wildman–Crippen MR) is 87.0 cm³/mol. The fourth-order valence-electron chi connectivity index (χ4n) is 1.94. The van der Waals surface area contributed by atoms with Gasteiger partial charge < -0.3 is 18.0 Å². The van der Waals surface area contributed by atoms with Crippen molar-refractivity contribution in [1.82, 2.24) is 0 Å². The molecule has 1 aromatic rings. The fourth-order valence-corrected chi connectivity index (χ4v) is 2.23. The number of aryl methyl sites for hydroxylation is 1. The molecule has 1 rings (SSSR count). The summed E-state index contributed by atoms with van der Waals surface area (Å²) < 4.78 is 33.7. The quantitative estimate of drug-likeness (QED) is 0.210. The van der Waals surface area contributed by atoms with Crippen molar-refractivity contribution in [3.05, 3.63) is 38.9 Å². The molecular formula is C15H20F3KN2O2S. The summed E-state index contributed by atoms with van der Waals surface area (Å²) in [6, 6.07) is 3.14. The first-order chi connectivity index (χ1) is 10.5. The molecule has 0 saturated heterocycles. The molecule has 0 atom stereocenters. The van der Waals surface area contributed by atoms with Gasteiger partial charge in [-0.05, 0) is 30.9 Å². The third-order valence-corrected chi connectivity index (χ3v) is 3.35. The Morgan fingerprint density at radius 2 is 1.88 bits per heavy atom. The van der Waals surface area contributed by atoms with E-state index in [9.17, 15) is 23.3 Å². The summed E-state index contributed by atoms with van der Waals surface area (Å²) in [4.78, 5) is 10.2. The standard InChI is InChI=1S/C10H12N2O2S.C5H9F3.K/c1-3-7-4-5-8(12(13)14)6(2)9(7)10(11)15;1-2-3-4-5(6,7)8;/h4-5H,3H2,1-2H3,(H2,11,15);2-4H2,1H3;/q;;+1/p-1. The van der Waals surface area contributed by atoms with Crippen molar-refractivity contribution >= 4 is 23.4 Å². The summed E-state index contributed by atoms with van der Waals surface area (Å²) in [6.07, 6.45) is -3.00. The van der Waals surface area contributed by atoms with Crippen LogP contribution in [0.2, 0.25) is 0 Å². The van der Waals surface area contributed by atoms with Crippen LogP contribution in [-0.4, -0.2) is 16.1 Å². The summed E-state index contributed by atoms with van der Waals surface area (Å²) in [5.41, 5.74) is 1.93. The number of nitro groups is 1. The van der Waals surface area contributed by atoms with E-state index in [1.807, 2.05) is 6.92 Å². The average Bonchev–Trinajstić information content (AvgIpc) is 2.43. The summed E-state index contributed by atoms with van der Waals surface area (Å²) in [5.74, 6) is 0. The molecule has 0 unspecified atom stereocenters. The molecule has 0 aliphatic rings. The van der Waals surface area contributed by atoms with Crippen LogP contribution in [0.5, 0.6) is 0 Å². The van der Waals surface area contributed by atoms with Gasteiger partial charge in [-0.15, -0.1) is 0 Å². The zero-order valence-corrected chi connectivity index (χ0v) is 18.2. The van der Waals surface area contributed by atoms with Crippen LogP contribution in [0.4, 0.5) is 18.9 Å². The van der Waals surface area contributed by atoms with Crippen LogP contribution < -0.4 is 51.4 Å². The van der Waals surface area contributed by atoms with Gasteiger partial charge in [-0.3, -0.25) is 10.1 Å². The minimum Gasteiger partial charge on any atom is -0.760 e. The van der Waals surface area contributed by atoms with Crippen molar-refractivity contribution in [1.29, 1.82) is 5.41 Å². The molecule has 0 aliphatic carbocycles. The number of nitro benzene ring substituents is 1. The Morgan fingerprint density at radius 1 is 1.33 bits per heavy atom. The van der Waals surface area contributed by atoms with Crippen LogP contribution in [0.15, 0.2) is 12.1 Å². The molecule has 0 spiro atoms. The van der Waals surface area contributed by atoms with E-state index in [4.69, 9.17) is 18.0 Å². The SMILES string of the molecule is CCCCC(F)(F)F.CCc1ccc([N+](=O)[O-])c(C)c1C(=N)[S-].[K+]. The van der Waals surface area contributed by atoms with Crippen LogP contribution in [0.1, 0.15) is 49.8 Å². The number of hydrogen-bond acceptors (Lipinski definition) is 4. The van der Waals surface area contributed by atoms with Gasteiger partial charge in [-0.25, -0.2) is 0 Å². The zero-order chi connectivity index (χ0) is 18.2. The number of hydrogen-bond donors (Lipinski definition) is 1. The maximum Gasteiger partial charge on any atom is 1.00 e. The van der Waals surface area contributed by atoms with Crippen LogP contribution >= 0.6 is 0 Å². The van der Waals surface area contributed by atoms with E-state index < -0.39 is 17.5 Å². The minimum absolute atomic E-state index is 0. The molecule has 0 radical (unpaired) electrons. The predicted octanol–water partition coefficient (Wildman–Crippen LogP) is 2.08. The van der Waals surface area contributed by atoms with Gasteiger partial charge in [0.15, 0.2) is 0 Å². The van der Waals surface area contributed by atoms with Crippen LogP contribution in [-0.2, 0) is 19.0 Å². The van der Waals surface area contributed by atoms with Crippen molar-refractivity contribution in [2.45, 2.75) is 52.6 Å². The number of benzene rings is 1. The molecule has 1 N–H and O–H groups in total. The van der Waals surface area contributed by atoms with E-state index in [0.29, 0.717) is 24.0 Å². The van der Waals surface area contributed by atoms with E-state index in [1.54, 1.807) is 19.9 Å². The van der Waals surface area contributed by atoms with Gasteiger partial charge in [0.05, 0.1) is 4.92 Å². The molecule has 130 valence electrons. The Hall–Kier alpha value is -0.0636. The van der Waals surface area contributed by atoms with Crippen molar-refractivity contribution in [3.8, 4) is 0 Å². The Labute approximate surface area is 188 Å². The maximum absolute atomic E-state index is 11.2. The number of nitrogens with zero attached hydrogens (tertiary/aromatic N) is 1. The number of nitrogens with one attached hydrogen (secondary N) is 1. The molecule has 0 saturated carbocycles. The molecule has 9 heteroatoms. The number of alkyl halides is 3. The molecule has 0 bridgehead atoms. The molecule has 1 aromatic carbocycles.